The highest BCUT2D eigenvalue weighted by Crippen LogP contribution is 2.11. The maximum absolute atomic E-state index is 11.6. The highest BCUT2D eigenvalue weighted by atomic mass is 16.6. The molecule has 0 bridgehead atoms. The Labute approximate surface area is 90.6 Å². The molecule has 0 saturated carbocycles. The largest absolute Gasteiger partial charge is 0.379 e. The van der Waals surface area contributed by atoms with Crippen LogP contribution in [0, 0.1) is 6.92 Å². The number of nitrogens with one attached hydrogen (secondary N) is 1. The minimum atomic E-state index is -0.480. The lowest BCUT2D eigenvalue weighted by Gasteiger charge is -2.02. The molecule has 3 N–H and O–H groups in total. The Bertz CT molecular complexity index is 522. The number of hydrogen-bond acceptors (Lipinski definition) is 6. The molecule has 0 spiro atoms. The molecule has 0 unspecified atom stereocenters. The zero-order valence-corrected chi connectivity index (χ0v) is 8.47. The van der Waals surface area contributed by atoms with Gasteiger partial charge in [-0.25, -0.2) is 4.63 Å². The van der Waals surface area contributed by atoms with Crippen LogP contribution in [-0.4, -0.2) is 21.2 Å². The molecule has 82 valence electrons. The van der Waals surface area contributed by atoms with E-state index in [0.717, 1.165) is 5.56 Å². The van der Waals surface area contributed by atoms with Crippen molar-refractivity contribution >= 4 is 17.4 Å². The van der Waals surface area contributed by atoms with E-state index in [-0.39, 0.29) is 11.5 Å². The molecule has 0 aliphatic carbocycles. The van der Waals surface area contributed by atoms with Gasteiger partial charge in [0.05, 0.1) is 11.9 Å². The Morgan fingerprint density at radius 3 is 2.88 bits per heavy atom. The van der Waals surface area contributed by atoms with Crippen LogP contribution in [0.15, 0.2) is 23.1 Å². The van der Waals surface area contributed by atoms with Gasteiger partial charge in [0.2, 0.25) is 11.5 Å². The maximum Gasteiger partial charge on any atom is 0.281 e. The number of amides is 1. The molecule has 0 saturated heterocycles. The van der Waals surface area contributed by atoms with Gasteiger partial charge in [0, 0.05) is 6.20 Å². The Morgan fingerprint density at radius 2 is 2.25 bits per heavy atom. The van der Waals surface area contributed by atoms with E-state index in [9.17, 15) is 4.79 Å². The number of nitrogens with two attached hydrogens (primary N) is 1. The van der Waals surface area contributed by atoms with Crippen molar-refractivity contribution in [2.45, 2.75) is 6.92 Å². The number of aromatic nitrogens is 3. The third-order valence-electron chi connectivity index (χ3n) is 1.86. The average molecular weight is 219 g/mol. The number of nitrogens with zero attached hydrogens (tertiary/aromatic N) is 3. The topological polar surface area (TPSA) is 107 Å². The monoisotopic (exact) mass is 219 g/mol. The number of hydrogen-bond donors (Lipinski definition) is 2. The molecule has 7 heteroatoms. The van der Waals surface area contributed by atoms with Gasteiger partial charge in [0.25, 0.3) is 5.91 Å². The van der Waals surface area contributed by atoms with E-state index in [4.69, 9.17) is 5.73 Å². The van der Waals surface area contributed by atoms with Crippen LogP contribution in [0.1, 0.15) is 16.1 Å². The molecule has 0 fully saturated rings. The Kier molecular flexibility index (Phi) is 2.50. The van der Waals surface area contributed by atoms with E-state index in [0.29, 0.717) is 5.69 Å². The van der Waals surface area contributed by atoms with Gasteiger partial charge >= 0.3 is 0 Å². The van der Waals surface area contributed by atoms with Crippen molar-refractivity contribution in [3.05, 3.63) is 29.7 Å². The second kappa shape index (κ2) is 3.97. The van der Waals surface area contributed by atoms with E-state index in [2.05, 4.69) is 25.2 Å². The molecule has 0 aliphatic rings. The quantitative estimate of drug-likeness (QED) is 0.766. The SMILES string of the molecule is Cc1cncc(NC(=O)c2nonc2N)c1. The van der Waals surface area contributed by atoms with E-state index >= 15 is 0 Å². The molecule has 7 nitrogen and oxygen atoms in total. The summed E-state index contributed by atoms with van der Waals surface area (Å²) in [7, 11) is 0. The van der Waals surface area contributed by atoms with Crippen molar-refractivity contribution in [1.82, 2.24) is 15.3 Å². The first kappa shape index (κ1) is 10.1. The van der Waals surface area contributed by atoms with E-state index in [1.165, 1.54) is 6.20 Å². The van der Waals surface area contributed by atoms with Gasteiger partial charge < -0.3 is 11.1 Å². The first-order chi connectivity index (χ1) is 7.66. The molecule has 0 aliphatic heterocycles. The van der Waals surface area contributed by atoms with Crippen LogP contribution in [0.25, 0.3) is 0 Å². The van der Waals surface area contributed by atoms with Gasteiger partial charge in [0.1, 0.15) is 0 Å². The molecule has 2 aromatic heterocycles. The lowest BCUT2D eigenvalue weighted by Crippen LogP contribution is -2.14. The molecule has 0 aromatic carbocycles. The van der Waals surface area contributed by atoms with Crippen LogP contribution in [0.4, 0.5) is 11.5 Å². The Balaban J connectivity index is 2.17. The van der Waals surface area contributed by atoms with Crippen LogP contribution < -0.4 is 11.1 Å². The summed E-state index contributed by atoms with van der Waals surface area (Å²) in [6.07, 6.45) is 3.20. The summed E-state index contributed by atoms with van der Waals surface area (Å²) >= 11 is 0. The second-order valence-electron chi connectivity index (χ2n) is 3.20. The summed E-state index contributed by atoms with van der Waals surface area (Å²) in [5, 5.41) is 9.28. The molecule has 0 radical (unpaired) electrons. The van der Waals surface area contributed by atoms with Crippen molar-refractivity contribution in [3.63, 3.8) is 0 Å². The standard InChI is InChI=1S/C9H9N5O2/c1-5-2-6(4-11-3-5)12-9(15)7-8(10)14-16-13-7/h2-4H,1H3,(H2,10,14)(H,12,15). The lowest BCUT2D eigenvalue weighted by atomic mass is 10.3. The number of aryl methyl sites for hydroxylation is 1. The molecular weight excluding hydrogens is 210 g/mol. The number of rotatable bonds is 2. The Morgan fingerprint density at radius 1 is 1.44 bits per heavy atom. The normalized spacial score (nSPS) is 10.1. The highest BCUT2D eigenvalue weighted by molar-refractivity contribution is 6.05. The maximum atomic E-state index is 11.6. The van der Waals surface area contributed by atoms with Gasteiger partial charge in [-0.1, -0.05) is 0 Å². The van der Waals surface area contributed by atoms with Gasteiger partial charge in [-0.3, -0.25) is 9.78 Å². The van der Waals surface area contributed by atoms with Gasteiger partial charge in [-0.05, 0) is 28.9 Å². The molecule has 2 aromatic rings. The summed E-state index contributed by atoms with van der Waals surface area (Å²) in [5.74, 6) is -0.524. The zero-order valence-electron chi connectivity index (χ0n) is 8.47. The van der Waals surface area contributed by atoms with Crippen LogP contribution >= 0.6 is 0 Å². The molecule has 2 heterocycles. The van der Waals surface area contributed by atoms with Crippen molar-refractivity contribution in [2.75, 3.05) is 11.1 Å². The van der Waals surface area contributed by atoms with E-state index < -0.39 is 5.91 Å². The number of carbonyl (C=O) groups is 1. The Hall–Kier alpha value is -2.44. The minimum Gasteiger partial charge on any atom is -0.379 e. The molecular formula is C9H9N5O2. The van der Waals surface area contributed by atoms with Gasteiger partial charge in [0.15, 0.2) is 0 Å². The van der Waals surface area contributed by atoms with Crippen LogP contribution in [0.2, 0.25) is 0 Å². The predicted octanol–water partition coefficient (Wildman–Crippen LogP) is 0.608. The molecule has 1 amide bonds. The third-order valence-corrected chi connectivity index (χ3v) is 1.86. The fourth-order valence-corrected chi connectivity index (χ4v) is 1.17. The van der Waals surface area contributed by atoms with E-state index in [1.807, 2.05) is 6.92 Å². The highest BCUT2D eigenvalue weighted by Gasteiger charge is 2.15. The zero-order chi connectivity index (χ0) is 11.5. The fourth-order valence-electron chi connectivity index (χ4n) is 1.17. The summed E-state index contributed by atoms with van der Waals surface area (Å²) < 4.78 is 4.33. The van der Waals surface area contributed by atoms with E-state index in [1.54, 1.807) is 12.3 Å². The molecule has 2 rings (SSSR count). The number of nitrogen functional groups attached to an aromatic ring is 1. The average Bonchev–Trinajstić information content (AvgIpc) is 2.64. The van der Waals surface area contributed by atoms with Crippen molar-refractivity contribution in [1.29, 1.82) is 0 Å². The molecule has 16 heavy (non-hydrogen) atoms. The number of pyridine rings is 1. The van der Waals surface area contributed by atoms with Crippen LogP contribution in [0.3, 0.4) is 0 Å². The second-order valence-corrected chi connectivity index (χ2v) is 3.20. The van der Waals surface area contributed by atoms with Gasteiger partial charge in [-0.15, -0.1) is 0 Å². The summed E-state index contributed by atoms with van der Waals surface area (Å²) in [4.78, 5) is 15.6. The summed E-state index contributed by atoms with van der Waals surface area (Å²) in [6.45, 7) is 1.87. The minimum absolute atomic E-state index is 0.0403. The lowest BCUT2D eigenvalue weighted by molar-refractivity contribution is 0.101. The van der Waals surface area contributed by atoms with Crippen molar-refractivity contribution < 1.29 is 9.42 Å². The fraction of sp³-hybridized carbons (Fsp3) is 0.111. The summed E-state index contributed by atoms with van der Waals surface area (Å²) in [6, 6.07) is 1.77. The predicted molar refractivity (Wildman–Crippen MR) is 55.6 cm³/mol. The third kappa shape index (κ3) is 1.97. The van der Waals surface area contributed by atoms with Crippen LogP contribution in [0.5, 0.6) is 0 Å². The van der Waals surface area contributed by atoms with Crippen molar-refractivity contribution in [2.24, 2.45) is 0 Å². The van der Waals surface area contributed by atoms with Gasteiger partial charge in [-0.2, -0.15) is 0 Å². The summed E-state index contributed by atoms with van der Waals surface area (Å²) in [5.41, 5.74) is 6.84. The smallest absolute Gasteiger partial charge is 0.281 e. The van der Waals surface area contributed by atoms with Crippen LogP contribution in [-0.2, 0) is 0 Å². The molecule has 0 atom stereocenters. The number of carbonyl (C=O) groups excluding carboxylic acids is 1. The number of anilines is 2. The first-order valence-electron chi connectivity index (χ1n) is 4.48. The van der Waals surface area contributed by atoms with Crippen molar-refractivity contribution in [3.8, 4) is 0 Å². The first-order valence-corrected chi connectivity index (χ1v) is 4.48.